The van der Waals surface area contributed by atoms with Crippen LogP contribution in [0, 0.1) is 0 Å². The van der Waals surface area contributed by atoms with Crippen molar-refractivity contribution in [3.63, 3.8) is 0 Å². The fraction of sp³-hybridized carbons (Fsp3) is 0.500. The first-order valence-corrected chi connectivity index (χ1v) is 7.00. The number of hydrogen-bond donors (Lipinski definition) is 1. The molecule has 0 radical (unpaired) electrons. The number of nitrogens with zero attached hydrogens (tertiary/aromatic N) is 1. The van der Waals surface area contributed by atoms with Gasteiger partial charge in [0.2, 0.25) is 5.91 Å². The lowest BCUT2D eigenvalue weighted by atomic mass is 10.2. The van der Waals surface area contributed by atoms with Crippen LogP contribution in [0.2, 0.25) is 5.02 Å². The number of methoxy groups -OCH3 is 1. The smallest absolute Gasteiger partial charge is 0.323 e. The van der Waals surface area contributed by atoms with E-state index in [0.717, 1.165) is 4.88 Å². The lowest BCUT2D eigenvalue weighted by molar-refractivity contribution is -0.144. The normalized spacial score (nSPS) is 10.4. The van der Waals surface area contributed by atoms with Crippen molar-refractivity contribution < 1.29 is 19.4 Å². The van der Waals surface area contributed by atoms with Crippen LogP contribution >= 0.6 is 22.9 Å². The van der Waals surface area contributed by atoms with Gasteiger partial charge in [-0.05, 0) is 12.5 Å². The summed E-state index contributed by atoms with van der Waals surface area (Å²) in [6.45, 7) is 0.310. The van der Waals surface area contributed by atoms with Crippen LogP contribution in [-0.4, -0.2) is 48.7 Å². The van der Waals surface area contributed by atoms with Crippen molar-refractivity contribution in [1.82, 2.24) is 4.90 Å². The third kappa shape index (κ3) is 6.04. The maximum absolute atomic E-state index is 11.9. The molecular formula is C12H16ClNO4S. The summed E-state index contributed by atoms with van der Waals surface area (Å²) in [4.78, 5) is 25.0. The zero-order valence-corrected chi connectivity index (χ0v) is 12.2. The Balaban J connectivity index is 2.48. The minimum atomic E-state index is -1.02. The van der Waals surface area contributed by atoms with Gasteiger partial charge in [-0.25, -0.2) is 0 Å². The summed E-state index contributed by atoms with van der Waals surface area (Å²) in [6, 6.07) is 1.82. The largest absolute Gasteiger partial charge is 0.480 e. The minimum Gasteiger partial charge on any atom is -0.480 e. The Hall–Kier alpha value is -1.11. The number of amides is 1. The SMILES string of the molecule is COCCN(CC(=O)O)C(=O)CCc1cc(Cl)cs1. The van der Waals surface area contributed by atoms with Gasteiger partial charge in [-0.2, -0.15) is 0 Å². The molecule has 0 aliphatic rings. The number of aryl methyl sites for hydroxylation is 1. The Kier molecular flexibility index (Phi) is 6.83. The topological polar surface area (TPSA) is 66.8 Å². The first-order chi connectivity index (χ1) is 9.02. The molecule has 1 aromatic heterocycles. The van der Waals surface area contributed by atoms with E-state index in [-0.39, 0.29) is 25.4 Å². The van der Waals surface area contributed by atoms with Crippen LogP contribution in [0.5, 0.6) is 0 Å². The quantitative estimate of drug-likeness (QED) is 0.796. The average molecular weight is 306 g/mol. The van der Waals surface area contributed by atoms with Gasteiger partial charge in [0, 0.05) is 30.3 Å². The van der Waals surface area contributed by atoms with Gasteiger partial charge in [0.05, 0.1) is 11.6 Å². The van der Waals surface area contributed by atoms with Gasteiger partial charge < -0.3 is 14.7 Å². The molecule has 1 N–H and O–H groups in total. The van der Waals surface area contributed by atoms with Gasteiger partial charge in [0.15, 0.2) is 0 Å². The van der Waals surface area contributed by atoms with E-state index in [1.54, 1.807) is 5.38 Å². The molecule has 0 saturated heterocycles. The first kappa shape index (κ1) is 15.9. The zero-order valence-electron chi connectivity index (χ0n) is 10.6. The fourth-order valence-electron chi connectivity index (χ4n) is 1.53. The van der Waals surface area contributed by atoms with Gasteiger partial charge in [-0.1, -0.05) is 11.6 Å². The van der Waals surface area contributed by atoms with Crippen molar-refractivity contribution in [1.29, 1.82) is 0 Å². The number of ether oxygens (including phenoxy) is 1. The van der Waals surface area contributed by atoms with Crippen LogP contribution in [0.4, 0.5) is 0 Å². The van der Waals surface area contributed by atoms with Crippen molar-refractivity contribution in [2.24, 2.45) is 0 Å². The lowest BCUT2D eigenvalue weighted by Gasteiger charge is -2.20. The summed E-state index contributed by atoms with van der Waals surface area (Å²) < 4.78 is 4.87. The monoisotopic (exact) mass is 305 g/mol. The second kappa shape index (κ2) is 8.14. The third-order valence-electron chi connectivity index (χ3n) is 2.45. The minimum absolute atomic E-state index is 0.191. The second-order valence-electron chi connectivity index (χ2n) is 3.93. The van der Waals surface area contributed by atoms with Crippen LogP contribution in [0.15, 0.2) is 11.4 Å². The molecular weight excluding hydrogens is 290 g/mol. The molecule has 5 nitrogen and oxygen atoms in total. The Bertz CT molecular complexity index is 435. The molecule has 0 fully saturated rings. The molecule has 19 heavy (non-hydrogen) atoms. The number of carboxylic acid groups (broad SMARTS) is 1. The van der Waals surface area contributed by atoms with Gasteiger partial charge in [0.1, 0.15) is 6.54 Å². The van der Waals surface area contributed by atoms with Gasteiger partial charge in [-0.15, -0.1) is 11.3 Å². The molecule has 0 aromatic carbocycles. The molecule has 0 atom stereocenters. The number of carbonyl (C=O) groups excluding carboxylic acids is 1. The molecule has 106 valence electrons. The highest BCUT2D eigenvalue weighted by atomic mass is 35.5. The molecule has 0 saturated carbocycles. The van der Waals surface area contributed by atoms with Crippen molar-refractivity contribution in [3.8, 4) is 0 Å². The summed E-state index contributed by atoms with van der Waals surface area (Å²) in [7, 11) is 1.51. The van der Waals surface area contributed by atoms with Crippen molar-refractivity contribution in [3.05, 3.63) is 21.3 Å². The standard InChI is InChI=1S/C12H16ClNO4S/c1-18-5-4-14(7-12(16)17)11(15)3-2-10-6-9(13)8-19-10/h6,8H,2-5,7H2,1H3,(H,16,17). The number of rotatable bonds is 8. The Morgan fingerprint density at radius 2 is 2.26 bits per heavy atom. The Labute approximate surface area is 120 Å². The first-order valence-electron chi connectivity index (χ1n) is 5.74. The predicted molar refractivity (Wildman–Crippen MR) is 73.7 cm³/mol. The van der Waals surface area contributed by atoms with Gasteiger partial charge in [0.25, 0.3) is 0 Å². The third-order valence-corrected chi connectivity index (χ3v) is 3.80. The fourth-order valence-corrected chi connectivity index (χ4v) is 2.61. The van der Waals surface area contributed by atoms with Crippen LogP contribution in [-0.2, 0) is 20.7 Å². The van der Waals surface area contributed by atoms with E-state index in [2.05, 4.69) is 0 Å². The molecule has 7 heteroatoms. The summed E-state index contributed by atoms with van der Waals surface area (Å²) in [5.74, 6) is -1.22. The lowest BCUT2D eigenvalue weighted by Crippen LogP contribution is -2.38. The van der Waals surface area contributed by atoms with E-state index in [0.29, 0.717) is 18.1 Å². The molecule has 1 rings (SSSR count). The molecule has 1 amide bonds. The van der Waals surface area contributed by atoms with Crippen molar-refractivity contribution in [2.45, 2.75) is 12.8 Å². The highest BCUT2D eigenvalue weighted by Gasteiger charge is 2.16. The number of aliphatic carboxylic acids is 1. The maximum Gasteiger partial charge on any atom is 0.323 e. The van der Waals surface area contributed by atoms with E-state index in [9.17, 15) is 9.59 Å². The molecule has 0 aliphatic carbocycles. The van der Waals surface area contributed by atoms with Crippen molar-refractivity contribution in [2.75, 3.05) is 26.8 Å². The van der Waals surface area contributed by atoms with Gasteiger partial charge >= 0.3 is 5.97 Å². The molecule has 0 bridgehead atoms. The molecule has 0 spiro atoms. The Morgan fingerprint density at radius 1 is 1.53 bits per heavy atom. The van der Waals surface area contributed by atoms with Crippen LogP contribution < -0.4 is 0 Å². The number of thiophene rings is 1. The molecule has 1 heterocycles. The summed E-state index contributed by atoms with van der Waals surface area (Å²) in [5.41, 5.74) is 0. The second-order valence-corrected chi connectivity index (χ2v) is 5.37. The van der Waals surface area contributed by atoms with E-state index in [1.165, 1.54) is 23.3 Å². The van der Waals surface area contributed by atoms with E-state index in [1.807, 2.05) is 6.07 Å². The van der Waals surface area contributed by atoms with Gasteiger partial charge in [-0.3, -0.25) is 9.59 Å². The van der Waals surface area contributed by atoms with E-state index >= 15 is 0 Å². The number of halogens is 1. The number of hydrogen-bond acceptors (Lipinski definition) is 4. The van der Waals surface area contributed by atoms with E-state index < -0.39 is 5.97 Å². The highest BCUT2D eigenvalue weighted by molar-refractivity contribution is 7.10. The maximum atomic E-state index is 11.9. The molecule has 1 aromatic rings. The van der Waals surface area contributed by atoms with Crippen LogP contribution in [0.25, 0.3) is 0 Å². The Morgan fingerprint density at radius 3 is 2.79 bits per heavy atom. The summed E-state index contributed by atoms with van der Waals surface area (Å²) >= 11 is 7.29. The zero-order chi connectivity index (χ0) is 14.3. The summed E-state index contributed by atoms with van der Waals surface area (Å²) in [5, 5.41) is 11.2. The average Bonchev–Trinajstić information content (AvgIpc) is 2.77. The summed E-state index contributed by atoms with van der Waals surface area (Å²) in [6.07, 6.45) is 0.840. The number of carbonyl (C=O) groups is 2. The number of carboxylic acids is 1. The van der Waals surface area contributed by atoms with E-state index in [4.69, 9.17) is 21.4 Å². The van der Waals surface area contributed by atoms with Crippen LogP contribution in [0.1, 0.15) is 11.3 Å². The van der Waals surface area contributed by atoms with Crippen LogP contribution in [0.3, 0.4) is 0 Å². The highest BCUT2D eigenvalue weighted by Crippen LogP contribution is 2.20. The molecule has 0 aliphatic heterocycles. The van der Waals surface area contributed by atoms with Crippen molar-refractivity contribution >= 4 is 34.8 Å². The predicted octanol–water partition coefficient (Wildman–Crippen LogP) is 1.89. The molecule has 0 unspecified atom stereocenters.